The molecule has 0 atom stereocenters. The first-order valence-corrected chi connectivity index (χ1v) is 5.58. The van der Waals surface area contributed by atoms with Crippen LogP contribution in [0.25, 0.3) is 0 Å². The normalized spacial score (nSPS) is 10.1. The highest BCUT2D eigenvalue weighted by Crippen LogP contribution is 2.24. The van der Waals surface area contributed by atoms with Gasteiger partial charge in [0.2, 0.25) is 0 Å². The molecule has 0 aliphatic heterocycles. The van der Waals surface area contributed by atoms with Crippen molar-refractivity contribution in [1.82, 2.24) is 0 Å². The minimum absolute atomic E-state index is 0.272. The summed E-state index contributed by atoms with van der Waals surface area (Å²) in [6.45, 7) is 1.77. The van der Waals surface area contributed by atoms with Crippen molar-refractivity contribution >= 4 is 21.6 Å². The summed E-state index contributed by atoms with van der Waals surface area (Å²) in [6.07, 6.45) is 1.67. The third kappa shape index (κ3) is 2.54. The van der Waals surface area contributed by atoms with Crippen molar-refractivity contribution in [3.8, 4) is 0 Å². The number of alkyl halides is 1. The minimum Gasteiger partial charge on any atom is -0.258 e. The van der Waals surface area contributed by atoms with Gasteiger partial charge in [0.15, 0.2) is 0 Å². The van der Waals surface area contributed by atoms with E-state index in [1.54, 1.807) is 13.0 Å². The number of para-hydroxylation sites is 1. The van der Waals surface area contributed by atoms with Crippen molar-refractivity contribution < 1.29 is 4.92 Å². The molecule has 0 bridgehead atoms. The molecule has 0 aliphatic rings. The molecule has 1 rings (SSSR count). The van der Waals surface area contributed by atoms with Crippen molar-refractivity contribution in [2.75, 3.05) is 5.33 Å². The molecule has 0 aromatic heterocycles. The van der Waals surface area contributed by atoms with Gasteiger partial charge in [-0.25, -0.2) is 0 Å². The van der Waals surface area contributed by atoms with Crippen LogP contribution in [0.2, 0.25) is 0 Å². The lowest BCUT2D eigenvalue weighted by molar-refractivity contribution is -0.386. The summed E-state index contributed by atoms with van der Waals surface area (Å²) in [4.78, 5) is 10.5. The van der Waals surface area contributed by atoms with Gasteiger partial charge in [-0.1, -0.05) is 34.1 Å². The molecule has 0 radical (unpaired) electrons. The Kier molecular flexibility index (Phi) is 4.07. The third-order valence-corrected chi connectivity index (χ3v) is 2.64. The van der Waals surface area contributed by atoms with Gasteiger partial charge in [-0.3, -0.25) is 10.1 Å². The Labute approximate surface area is 91.4 Å². The van der Waals surface area contributed by atoms with E-state index in [0.29, 0.717) is 0 Å². The van der Waals surface area contributed by atoms with E-state index in [1.165, 1.54) is 0 Å². The maximum atomic E-state index is 10.8. The third-order valence-electron chi connectivity index (χ3n) is 2.08. The molecule has 0 amide bonds. The average molecular weight is 258 g/mol. The van der Waals surface area contributed by atoms with Crippen LogP contribution in [0.1, 0.15) is 17.5 Å². The molecule has 1 aromatic carbocycles. The van der Waals surface area contributed by atoms with Crippen LogP contribution < -0.4 is 0 Å². The predicted molar refractivity (Wildman–Crippen MR) is 59.9 cm³/mol. The number of hydrogen-bond donors (Lipinski definition) is 0. The van der Waals surface area contributed by atoms with Crippen LogP contribution >= 0.6 is 15.9 Å². The molecule has 0 unspecified atom stereocenters. The molecule has 14 heavy (non-hydrogen) atoms. The monoisotopic (exact) mass is 257 g/mol. The fraction of sp³-hybridized carbons (Fsp3) is 0.400. The summed E-state index contributed by atoms with van der Waals surface area (Å²) in [5.74, 6) is 0. The number of rotatable bonds is 4. The lowest BCUT2D eigenvalue weighted by atomic mass is 10.0. The molecule has 0 fully saturated rings. The smallest absolute Gasteiger partial charge is 0.258 e. The fourth-order valence-corrected chi connectivity index (χ4v) is 1.72. The average Bonchev–Trinajstić information content (AvgIpc) is 2.14. The molecular formula is C10H12BrNO2. The highest BCUT2D eigenvalue weighted by molar-refractivity contribution is 9.09. The Morgan fingerprint density at radius 1 is 1.50 bits per heavy atom. The largest absolute Gasteiger partial charge is 0.275 e. The lowest BCUT2D eigenvalue weighted by Gasteiger charge is -2.03. The lowest BCUT2D eigenvalue weighted by Crippen LogP contribution is -1.98. The topological polar surface area (TPSA) is 43.1 Å². The second kappa shape index (κ2) is 5.10. The second-order valence-corrected chi connectivity index (χ2v) is 3.93. The number of hydrogen-bond acceptors (Lipinski definition) is 2. The number of aryl methyl sites for hydroxylation is 2. The van der Waals surface area contributed by atoms with Crippen LogP contribution in [0.5, 0.6) is 0 Å². The van der Waals surface area contributed by atoms with Gasteiger partial charge >= 0.3 is 0 Å². The van der Waals surface area contributed by atoms with Crippen LogP contribution in [0.4, 0.5) is 5.69 Å². The number of halogens is 1. The van der Waals surface area contributed by atoms with E-state index < -0.39 is 0 Å². The zero-order valence-corrected chi connectivity index (χ0v) is 9.58. The molecule has 0 saturated heterocycles. The van der Waals surface area contributed by atoms with Crippen LogP contribution in [-0.2, 0) is 6.42 Å². The summed E-state index contributed by atoms with van der Waals surface area (Å²) in [6, 6.07) is 5.47. The molecule has 0 saturated carbocycles. The highest BCUT2D eigenvalue weighted by Gasteiger charge is 2.15. The predicted octanol–water partition coefficient (Wildman–Crippen LogP) is 3.23. The molecule has 4 heteroatoms. The van der Waals surface area contributed by atoms with E-state index in [0.717, 1.165) is 29.3 Å². The zero-order valence-electron chi connectivity index (χ0n) is 8.00. The van der Waals surface area contributed by atoms with E-state index >= 15 is 0 Å². The van der Waals surface area contributed by atoms with E-state index in [2.05, 4.69) is 15.9 Å². The van der Waals surface area contributed by atoms with Gasteiger partial charge in [0, 0.05) is 16.5 Å². The van der Waals surface area contributed by atoms with Gasteiger partial charge in [0.1, 0.15) is 0 Å². The van der Waals surface area contributed by atoms with Gasteiger partial charge in [-0.05, 0) is 19.8 Å². The van der Waals surface area contributed by atoms with Gasteiger partial charge < -0.3 is 0 Å². The maximum absolute atomic E-state index is 10.8. The van der Waals surface area contributed by atoms with Crippen LogP contribution in [-0.4, -0.2) is 10.3 Å². The fourth-order valence-electron chi connectivity index (χ4n) is 1.44. The van der Waals surface area contributed by atoms with Crippen molar-refractivity contribution in [2.24, 2.45) is 0 Å². The Hall–Kier alpha value is -0.900. The van der Waals surface area contributed by atoms with E-state index in [1.807, 2.05) is 12.1 Å². The van der Waals surface area contributed by atoms with Gasteiger partial charge in [0.25, 0.3) is 5.69 Å². The summed E-state index contributed by atoms with van der Waals surface area (Å²) < 4.78 is 0. The Bertz CT molecular complexity index is 339. The molecule has 0 spiro atoms. The maximum Gasteiger partial charge on any atom is 0.275 e. The zero-order chi connectivity index (χ0) is 10.6. The molecule has 0 N–H and O–H groups in total. The first-order valence-electron chi connectivity index (χ1n) is 4.45. The summed E-state index contributed by atoms with van der Waals surface area (Å²) in [5.41, 5.74) is 1.84. The van der Waals surface area contributed by atoms with Crippen LogP contribution in [0, 0.1) is 17.0 Å². The molecular weight excluding hydrogens is 246 g/mol. The van der Waals surface area contributed by atoms with Crippen molar-refractivity contribution in [2.45, 2.75) is 19.8 Å². The molecule has 1 aromatic rings. The Morgan fingerprint density at radius 2 is 2.21 bits per heavy atom. The molecule has 0 aliphatic carbocycles. The first-order chi connectivity index (χ1) is 6.66. The van der Waals surface area contributed by atoms with Gasteiger partial charge in [-0.2, -0.15) is 0 Å². The Balaban J connectivity index is 3.02. The van der Waals surface area contributed by atoms with E-state index in [4.69, 9.17) is 0 Å². The van der Waals surface area contributed by atoms with Crippen molar-refractivity contribution in [1.29, 1.82) is 0 Å². The van der Waals surface area contributed by atoms with Crippen molar-refractivity contribution in [3.63, 3.8) is 0 Å². The Morgan fingerprint density at radius 3 is 2.79 bits per heavy atom. The van der Waals surface area contributed by atoms with Gasteiger partial charge in [-0.15, -0.1) is 0 Å². The van der Waals surface area contributed by atoms with Crippen LogP contribution in [0.15, 0.2) is 18.2 Å². The van der Waals surface area contributed by atoms with Crippen molar-refractivity contribution in [3.05, 3.63) is 39.4 Å². The molecule has 76 valence electrons. The highest BCUT2D eigenvalue weighted by atomic mass is 79.9. The standard InChI is InChI=1S/C10H12BrNO2/c1-8-4-2-5-9(6-3-7-11)10(8)12(13)14/h2,4-5H,3,6-7H2,1H3. The number of nitro benzene ring substituents is 1. The summed E-state index contributed by atoms with van der Waals surface area (Å²) >= 11 is 3.32. The van der Waals surface area contributed by atoms with Crippen LogP contribution in [0.3, 0.4) is 0 Å². The quantitative estimate of drug-likeness (QED) is 0.472. The molecule has 0 heterocycles. The number of nitro groups is 1. The van der Waals surface area contributed by atoms with E-state index in [9.17, 15) is 10.1 Å². The SMILES string of the molecule is Cc1cccc(CCCBr)c1[N+](=O)[O-]. The summed E-state index contributed by atoms with van der Waals surface area (Å²) in [5, 5.41) is 11.7. The second-order valence-electron chi connectivity index (χ2n) is 3.13. The summed E-state index contributed by atoms with van der Waals surface area (Å²) in [7, 11) is 0. The number of nitrogens with zero attached hydrogens (tertiary/aromatic N) is 1. The first kappa shape index (κ1) is 11.2. The number of benzene rings is 1. The van der Waals surface area contributed by atoms with E-state index in [-0.39, 0.29) is 10.6 Å². The molecule has 3 nitrogen and oxygen atoms in total. The minimum atomic E-state index is -0.293. The van der Waals surface area contributed by atoms with Gasteiger partial charge in [0.05, 0.1) is 4.92 Å².